The Kier molecular flexibility index (Phi) is 6.84. The minimum atomic E-state index is -1.50. The Hall–Kier alpha value is -1.83. The van der Waals surface area contributed by atoms with E-state index in [1.165, 1.54) is 27.7 Å². The van der Waals surface area contributed by atoms with E-state index in [1.54, 1.807) is 0 Å². The highest BCUT2D eigenvalue weighted by molar-refractivity contribution is 5.93. The predicted molar refractivity (Wildman–Crippen MR) is 88.6 cm³/mol. The number of carboxylic acid groups (broad SMARTS) is 1. The lowest BCUT2D eigenvalue weighted by atomic mass is 10.1. The van der Waals surface area contributed by atoms with E-state index < -0.39 is 35.4 Å². The molecule has 1 atom stereocenters. The lowest BCUT2D eigenvalue weighted by Crippen LogP contribution is -2.52. The lowest BCUT2D eigenvalue weighted by Gasteiger charge is -2.31. The summed E-state index contributed by atoms with van der Waals surface area (Å²) in [6, 6.07) is -1.50. The summed E-state index contributed by atoms with van der Waals surface area (Å²) in [7, 11) is 0. The Morgan fingerprint density at radius 2 is 1.54 bits per heavy atom. The quantitative estimate of drug-likeness (QED) is 0.708. The first kappa shape index (κ1) is 18.5. The van der Waals surface area contributed by atoms with Gasteiger partial charge in [0.1, 0.15) is 17.2 Å². The summed E-state index contributed by atoms with van der Waals surface area (Å²) in [6.45, 7) is 5.69. The Bertz CT molecular complexity index is 469. The molecule has 8 heteroatoms. The van der Waals surface area contributed by atoms with Gasteiger partial charge in [-0.1, -0.05) is 0 Å². The third-order valence-electron chi connectivity index (χ3n) is 2.65. The van der Waals surface area contributed by atoms with Crippen molar-refractivity contribution < 1.29 is 31.7 Å². The van der Waals surface area contributed by atoms with Crippen molar-refractivity contribution in [1.29, 1.82) is 0 Å². The zero-order chi connectivity index (χ0) is 20.5. The molecular formula is C16H30N2O6. The molecule has 0 heterocycles. The van der Waals surface area contributed by atoms with Crippen molar-refractivity contribution in [2.24, 2.45) is 5.73 Å². The maximum absolute atomic E-state index is 12.5. The Labute approximate surface area is 146 Å². The molecule has 0 aliphatic carbocycles. The second kappa shape index (κ2) is 8.86. The predicted octanol–water partition coefficient (Wildman–Crippen LogP) is 2.74. The highest BCUT2D eigenvalue weighted by Crippen LogP contribution is 2.19. The molecule has 0 rings (SSSR count). The normalized spacial score (nSPS) is 14.2. The van der Waals surface area contributed by atoms with Gasteiger partial charge in [-0.3, -0.25) is 0 Å². The largest absolute Gasteiger partial charge is 0.480 e. The third kappa shape index (κ3) is 8.71. The SMILES string of the molecule is [2H]CC(C)(C)OC(=O)N(C(=O)OC(C)(C)C[2H])[C@@H](CCCCN)C(=O)O. The van der Waals surface area contributed by atoms with Gasteiger partial charge in [0, 0.05) is 2.74 Å². The third-order valence-corrected chi connectivity index (χ3v) is 2.65. The summed E-state index contributed by atoms with van der Waals surface area (Å²) in [5.74, 6) is -1.39. The molecule has 2 amide bonds. The molecule has 0 aliphatic heterocycles. The summed E-state index contributed by atoms with van der Waals surface area (Å²) >= 11 is 0. The van der Waals surface area contributed by atoms with Crippen LogP contribution in [-0.4, -0.2) is 52.0 Å². The van der Waals surface area contributed by atoms with Crippen LogP contribution in [0, 0.1) is 0 Å². The molecule has 0 saturated carbocycles. The number of hydrogen-bond acceptors (Lipinski definition) is 6. The number of nitrogens with two attached hydrogens (primary N) is 1. The van der Waals surface area contributed by atoms with Crippen molar-refractivity contribution in [2.75, 3.05) is 6.54 Å². The summed E-state index contributed by atoms with van der Waals surface area (Å²) in [6.07, 6.45) is -1.51. The molecule has 0 bridgehead atoms. The van der Waals surface area contributed by atoms with E-state index in [0.29, 0.717) is 24.3 Å². The summed E-state index contributed by atoms with van der Waals surface area (Å²) in [5, 5.41) is 9.49. The van der Waals surface area contributed by atoms with Crippen molar-refractivity contribution >= 4 is 18.2 Å². The molecule has 0 saturated heterocycles. The van der Waals surface area contributed by atoms with Gasteiger partial charge in [0.25, 0.3) is 0 Å². The van der Waals surface area contributed by atoms with Crippen LogP contribution >= 0.6 is 0 Å². The van der Waals surface area contributed by atoms with Gasteiger partial charge >= 0.3 is 18.2 Å². The fraction of sp³-hybridized carbons (Fsp3) is 0.812. The van der Waals surface area contributed by atoms with Crippen molar-refractivity contribution in [3.63, 3.8) is 0 Å². The van der Waals surface area contributed by atoms with Gasteiger partial charge in [0.15, 0.2) is 0 Å². The van der Waals surface area contributed by atoms with Crippen LogP contribution in [0.4, 0.5) is 9.59 Å². The highest BCUT2D eigenvalue weighted by Gasteiger charge is 2.39. The number of carboxylic acids is 1. The second-order valence-electron chi connectivity index (χ2n) is 6.76. The molecule has 24 heavy (non-hydrogen) atoms. The Morgan fingerprint density at radius 1 is 1.08 bits per heavy atom. The number of rotatable bonds is 6. The van der Waals surface area contributed by atoms with Gasteiger partial charge in [0.2, 0.25) is 0 Å². The number of unbranched alkanes of at least 4 members (excludes halogenated alkanes) is 1. The summed E-state index contributed by atoms with van der Waals surface area (Å²) in [4.78, 5) is 37.1. The first-order valence-corrected chi connectivity index (χ1v) is 7.67. The van der Waals surface area contributed by atoms with Gasteiger partial charge < -0.3 is 20.3 Å². The smallest absolute Gasteiger partial charge is 0.420 e. The fourth-order valence-electron chi connectivity index (χ4n) is 1.75. The zero-order valence-electron chi connectivity index (χ0n) is 16.8. The number of nitrogens with zero attached hydrogens (tertiary/aromatic N) is 1. The van der Waals surface area contributed by atoms with E-state index in [4.69, 9.17) is 17.9 Å². The van der Waals surface area contributed by atoms with Crippen LogP contribution in [0.25, 0.3) is 0 Å². The van der Waals surface area contributed by atoms with Gasteiger partial charge in [-0.05, 0) is 67.3 Å². The van der Waals surface area contributed by atoms with Crippen LogP contribution in [0.5, 0.6) is 0 Å². The van der Waals surface area contributed by atoms with E-state index in [2.05, 4.69) is 0 Å². The molecule has 8 nitrogen and oxygen atoms in total. The first-order valence-electron chi connectivity index (χ1n) is 9.08. The molecular weight excluding hydrogens is 316 g/mol. The summed E-state index contributed by atoms with van der Waals surface area (Å²) < 4.78 is 25.0. The molecule has 0 spiro atoms. The number of amides is 2. The molecule has 0 aliphatic rings. The molecule has 0 radical (unpaired) electrons. The monoisotopic (exact) mass is 348 g/mol. The molecule has 0 aromatic heterocycles. The van der Waals surface area contributed by atoms with Gasteiger partial charge in [-0.15, -0.1) is 0 Å². The van der Waals surface area contributed by atoms with Gasteiger partial charge in [-0.2, -0.15) is 4.90 Å². The number of carbonyl (C=O) groups is 3. The topological polar surface area (TPSA) is 119 Å². The van der Waals surface area contributed by atoms with Crippen LogP contribution in [-0.2, 0) is 14.3 Å². The van der Waals surface area contributed by atoms with Crippen LogP contribution in [0.2, 0.25) is 0 Å². The number of ether oxygens (including phenoxy) is 2. The van der Waals surface area contributed by atoms with Gasteiger partial charge in [-0.25, -0.2) is 14.4 Å². The summed E-state index contributed by atoms with van der Waals surface area (Å²) in [5.41, 5.74) is 2.99. The van der Waals surface area contributed by atoms with E-state index >= 15 is 0 Å². The van der Waals surface area contributed by atoms with E-state index in [-0.39, 0.29) is 20.2 Å². The minimum Gasteiger partial charge on any atom is -0.480 e. The molecule has 140 valence electrons. The lowest BCUT2D eigenvalue weighted by molar-refractivity contribution is -0.143. The van der Waals surface area contributed by atoms with Crippen molar-refractivity contribution in [3.05, 3.63) is 0 Å². The Balaban J connectivity index is 5.64. The van der Waals surface area contributed by atoms with Crippen molar-refractivity contribution in [3.8, 4) is 0 Å². The van der Waals surface area contributed by atoms with Crippen molar-refractivity contribution in [1.82, 2.24) is 4.90 Å². The second-order valence-corrected chi connectivity index (χ2v) is 6.76. The number of hydrogen-bond donors (Lipinski definition) is 2. The first-order chi connectivity index (χ1) is 11.9. The number of imide groups is 1. The van der Waals surface area contributed by atoms with E-state index in [0.717, 1.165) is 0 Å². The fourth-order valence-corrected chi connectivity index (χ4v) is 1.75. The van der Waals surface area contributed by atoms with Gasteiger partial charge in [0.05, 0.1) is 0 Å². The molecule has 0 unspecified atom stereocenters. The molecule has 0 aromatic carbocycles. The van der Waals surface area contributed by atoms with Crippen molar-refractivity contribution in [2.45, 2.75) is 78.0 Å². The molecule has 0 aromatic rings. The number of aliphatic carboxylic acids is 1. The Morgan fingerprint density at radius 3 is 1.88 bits per heavy atom. The maximum Gasteiger partial charge on any atom is 0.420 e. The van der Waals surface area contributed by atoms with Crippen LogP contribution in [0.1, 0.15) is 63.5 Å². The standard InChI is InChI=1S/C16H30N2O6/c1-15(2,3)23-13(21)18(14(22)24-16(4,5)6)11(12(19)20)9-7-8-10-17/h11H,7-10,17H2,1-6H3,(H,19,20)/t11-/m0/s1/i1D,4D. The highest BCUT2D eigenvalue weighted by atomic mass is 16.6. The minimum absolute atomic E-state index is 0.0145. The average molecular weight is 348 g/mol. The average Bonchev–Trinajstić information content (AvgIpc) is 2.52. The van der Waals surface area contributed by atoms with E-state index in [9.17, 15) is 19.5 Å². The maximum atomic E-state index is 12.5. The zero-order valence-corrected chi connectivity index (χ0v) is 14.8. The molecule has 0 fully saturated rings. The van der Waals surface area contributed by atoms with Crippen LogP contribution in [0.3, 0.4) is 0 Å². The van der Waals surface area contributed by atoms with Crippen LogP contribution < -0.4 is 5.73 Å². The molecule has 3 N–H and O–H groups in total. The van der Waals surface area contributed by atoms with Crippen LogP contribution in [0.15, 0.2) is 0 Å². The number of carbonyl (C=O) groups excluding carboxylic acids is 2. The van der Waals surface area contributed by atoms with E-state index in [1.807, 2.05) is 0 Å².